The molecule has 111 valence electrons. The number of hydrogen-bond acceptors (Lipinski definition) is 2. The average Bonchev–Trinajstić information content (AvgIpc) is 2.31. The highest BCUT2D eigenvalue weighted by atomic mass is 19.4. The Balaban J connectivity index is 3.66. The van der Waals surface area contributed by atoms with E-state index in [-0.39, 0.29) is 18.9 Å². The molecule has 19 heavy (non-hydrogen) atoms. The fraction of sp³-hybridized carbons (Fsp3) is 0.714. The Kier molecular flexibility index (Phi) is 9.35. The summed E-state index contributed by atoms with van der Waals surface area (Å²) < 4.78 is 42.3. The molecule has 0 aromatic heterocycles. The Morgan fingerprint density at radius 1 is 1.11 bits per heavy atom. The second-order valence-electron chi connectivity index (χ2n) is 4.61. The van der Waals surface area contributed by atoms with Gasteiger partial charge in [0.05, 0.1) is 5.92 Å². The van der Waals surface area contributed by atoms with Crippen LogP contribution in [0.1, 0.15) is 44.9 Å². The summed E-state index contributed by atoms with van der Waals surface area (Å²) >= 11 is 0. The van der Waals surface area contributed by atoms with E-state index < -0.39 is 12.1 Å². The fourth-order valence-corrected chi connectivity index (χ4v) is 1.88. The maximum absolute atomic E-state index is 12.6. The molecule has 0 saturated carbocycles. The molecule has 5 heteroatoms. The first-order chi connectivity index (χ1) is 8.91. The van der Waals surface area contributed by atoms with Gasteiger partial charge in [-0.25, -0.2) is 0 Å². The van der Waals surface area contributed by atoms with Crippen LogP contribution in [0.2, 0.25) is 0 Å². The van der Waals surface area contributed by atoms with Crippen LogP contribution in [0, 0.1) is 12.8 Å². The topological polar surface area (TPSA) is 26.3 Å². The molecular weight excluding hydrogens is 257 g/mol. The number of halogens is 3. The van der Waals surface area contributed by atoms with Crippen LogP contribution >= 0.6 is 0 Å². The number of carbonyl (C=O) groups excluding carboxylic acids is 1. The van der Waals surface area contributed by atoms with Gasteiger partial charge in [0, 0.05) is 0 Å². The first-order valence-corrected chi connectivity index (χ1v) is 6.51. The number of allylic oxidation sites excluding steroid dienone is 1. The molecule has 0 aliphatic rings. The first kappa shape index (κ1) is 18.0. The third-order valence-electron chi connectivity index (χ3n) is 2.99. The van der Waals surface area contributed by atoms with Gasteiger partial charge in [0.2, 0.25) is 0 Å². The number of carbonyl (C=O) groups is 1. The van der Waals surface area contributed by atoms with Gasteiger partial charge < -0.3 is 4.74 Å². The highest BCUT2D eigenvalue weighted by Crippen LogP contribution is 2.33. The molecule has 0 rings (SSSR count). The predicted molar refractivity (Wildman–Crippen MR) is 68.4 cm³/mol. The van der Waals surface area contributed by atoms with Crippen LogP contribution in [-0.4, -0.2) is 18.8 Å². The summed E-state index contributed by atoms with van der Waals surface area (Å²) in [4.78, 5) is 10.0. The van der Waals surface area contributed by atoms with Crippen LogP contribution in [0.25, 0.3) is 0 Å². The van der Waals surface area contributed by atoms with Crippen molar-refractivity contribution in [1.29, 1.82) is 0 Å². The van der Waals surface area contributed by atoms with Crippen molar-refractivity contribution in [3.8, 4) is 0 Å². The van der Waals surface area contributed by atoms with Crippen LogP contribution in [0.5, 0.6) is 0 Å². The first-order valence-electron chi connectivity index (χ1n) is 6.51. The lowest BCUT2D eigenvalue weighted by atomic mass is 9.96. The van der Waals surface area contributed by atoms with E-state index in [4.69, 9.17) is 0 Å². The molecule has 1 radical (unpaired) electrons. The van der Waals surface area contributed by atoms with E-state index >= 15 is 0 Å². The SMILES string of the molecule is [CH2][C@H](CCCCCCC(CC=C)C(F)(F)F)OC=O. The Hall–Kier alpha value is -1.00. The second-order valence-corrected chi connectivity index (χ2v) is 4.61. The monoisotopic (exact) mass is 279 g/mol. The van der Waals surface area contributed by atoms with Crippen molar-refractivity contribution in [2.75, 3.05) is 0 Å². The Morgan fingerprint density at radius 2 is 1.68 bits per heavy atom. The molecule has 0 heterocycles. The summed E-state index contributed by atoms with van der Waals surface area (Å²) in [5, 5.41) is 0. The Bertz CT molecular complexity index is 252. The molecular formula is C14H22F3O2. The van der Waals surface area contributed by atoms with Gasteiger partial charge in [-0.3, -0.25) is 4.79 Å². The maximum Gasteiger partial charge on any atom is 0.392 e. The number of hydrogen-bond donors (Lipinski definition) is 0. The van der Waals surface area contributed by atoms with E-state index in [2.05, 4.69) is 18.2 Å². The third-order valence-corrected chi connectivity index (χ3v) is 2.99. The number of alkyl halides is 3. The van der Waals surface area contributed by atoms with Gasteiger partial charge in [-0.05, 0) is 32.6 Å². The largest absolute Gasteiger partial charge is 0.465 e. The van der Waals surface area contributed by atoms with Crippen molar-refractivity contribution in [1.82, 2.24) is 0 Å². The highest BCUT2D eigenvalue weighted by Gasteiger charge is 2.37. The number of ether oxygens (including phenoxy) is 1. The number of unbranched alkanes of at least 4 members (excludes halogenated alkanes) is 3. The van der Waals surface area contributed by atoms with Crippen molar-refractivity contribution in [3.05, 3.63) is 19.6 Å². The van der Waals surface area contributed by atoms with Crippen molar-refractivity contribution in [2.45, 2.75) is 57.2 Å². The Morgan fingerprint density at radius 3 is 2.16 bits per heavy atom. The summed E-state index contributed by atoms with van der Waals surface area (Å²) in [5.41, 5.74) is 0. The van der Waals surface area contributed by atoms with E-state index in [0.29, 0.717) is 19.3 Å². The third kappa shape index (κ3) is 9.56. The van der Waals surface area contributed by atoms with E-state index in [1.165, 1.54) is 6.08 Å². The Labute approximate surface area is 113 Å². The molecule has 0 spiro atoms. The van der Waals surface area contributed by atoms with Crippen LogP contribution in [0.15, 0.2) is 12.7 Å². The van der Waals surface area contributed by atoms with Gasteiger partial charge in [0.1, 0.15) is 6.10 Å². The van der Waals surface area contributed by atoms with Gasteiger partial charge in [-0.2, -0.15) is 13.2 Å². The molecule has 0 N–H and O–H groups in total. The predicted octanol–water partition coefficient (Wildman–Crippen LogP) is 4.46. The lowest BCUT2D eigenvalue weighted by molar-refractivity contribution is -0.175. The highest BCUT2D eigenvalue weighted by molar-refractivity contribution is 5.37. The van der Waals surface area contributed by atoms with E-state index in [1.54, 1.807) is 0 Å². The van der Waals surface area contributed by atoms with E-state index in [0.717, 1.165) is 19.3 Å². The molecule has 1 unspecified atom stereocenters. The van der Waals surface area contributed by atoms with Gasteiger partial charge in [-0.15, -0.1) is 6.58 Å². The average molecular weight is 279 g/mol. The van der Waals surface area contributed by atoms with Gasteiger partial charge >= 0.3 is 6.18 Å². The summed E-state index contributed by atoms with van der Waals surface area (Å²) in [7, 11) is 0. The van der Waals surface area contributed by atoms with E-state index in [9.17, 15) is 18.0 Å². The number of rotatable bonds is 11. The minimum absolute atomic E-state index is 0.0162. The van der Waals surface area contributed by atoms with Crippen molar-refractivity contribution in [2.24, 2.45) is 5.92 Å². The molecule has 2 atom stereocenters. The lowest BCUT2D eigenvalue weighted by Gasteiger charge is -2.18. The van der Waals surface area contributed by atoms with Gasteiger partial charge in [-0.1, -0.05) is 25.3 Å². The fourth-order valence-electron chi connectivity index (χ4n) is 1.88. The zero-order chi connectivity index (χ0) is 14.7. The smallest absolute Gasteiger partial charge is 0.392 e. The van der Waals surface area contributed by atoms with Crippen LogP contribution in [0.4, 0.5) is 13.2 Å². The van der Waals surface area contributed by atoms with Crippen LogP contribution in [-0.2, 0) is 9.53 Å². The summed E-state index contributed by atoms with van der Waals surface area (Å²) in [6.45, 7) is 7.34. The van der Waals surface area contributed by atoms with Crippen molar-refractivity contribution < 1.29 is 22.7 Å². The molecule has 0 amide bonds. The van der Waals surface area contributed by atoms with Gasteiger partial charge in [0.25, 0.3) is 6.47 Å². The normalized spacial score (nSPS) is 14.7. The summed E-state index contributed by atoms with van der Waals surface area (Å²) in [5.74, 6) is -1.27. The van der Waals surface area contributed by atoms with Gasteiger partial charge in [0.15, 0.2) is 0 Å². The van der Waals surface area contributed by atoms with Crippen molar-refractivity contribution in [3.63, 3.8) is 0 Å². The molecule has 0 aliphatic heterocycles. The molecule has 0 aromatic rings. The summed E-state index contributed by atoms with van der Waals surface area (Å²) in [6, 6.07) is 0. The minimum Gasteiger partial charge on any atom is -0.465 e. The zero-order valence-electron chi connectivity index (χ0n) is 11.1. The zero-order valence-corrected chi connectivity index (χ0v) is 11.1. The molecule has 0 bridgehead atoms. The molecule has 0 aromatic carbocycles. The van der Waals surface area contributed by atoms with Crippen LogP contribution < -0.4 is 0 Å². The molecule has 0 saturated heterocycles. The van der Waals surface area contributed by atoms with E-state index in [1.807, 2.05) is 0 Å². The minimum atomic E-state index is -4.13. The standard InChI is InChI=1S/C14H22F3O2/c1-3-8-13(14(15,16)17)10-7-5-4-6-9-12(2)19-11-18/h3,11-13H,1-2,4-10H2/t12-,13?/m1/s1. The van der Waals surface area contributed by atoms with Crippen molar-refractivity contribution >= 4 is 6.47 Å². The quantitative estimate of drug-likeness (QED) is 0.317. The molecule has 0 fully saturated rings. The summed E-state index contributed by atoms with van der Waals surface area (Å²) in [6.07, 6.45) is 0.534. The van der Waals surface area contributed by atoms with Crippen LogP contribution in [0.3, 0.4) is 0 Å². The maximum atomic E-state index is 12.6. The molecule has 0 aliphatic carbocycles. The second kappa shape index (κ2) is 9.87. The molecule has 2 nitrogen and oxygen atoms in total. The lowest BCUT2D eigenvalue weighted by Crippen LogP contribution is -2.22.